The van der Waals surface area contributed by atoms with Crippen molar-refractivity contribution in [1.82, 2.24) is 24.6 Å². The average Bonchev–Trinajstić information content (AvgIpc) is 3.17. The lowest BCUT2D eigenvalue weighted by Crippen LogP contribution is -2.52. The Labute approximate surface area is 141 Å². The van der Waals surface area contributed by atoms with Crippen LogP contribution in [0.4, 0.5) is 0 Å². The SMILES string of the molecule is C[C@@H]1CCN(C(=O)c2ccc(-n3ccnc3)nn2)[C@@H]2CCCC[C@@H]12. The van der Waals surface area contributed by atoms with Crippen molar-refractivity contribution in [3.63, 3.8) is 0 Å². The molecule has 24 heavy (non-hydrogen) atoms. The third-order valence-electron chi connectivity index (χ3n) is 5.64. The number of imidazole rings is 1. The van der Waals surface area contributed by atoms with Gasteiger partial charge in [0.05, 0.1) is 0 Å². The Morgan fingerprint density at radius 3 is 2.79 bits per heavy atom. The first-order chi connectivity index (χ1) is 11.7. The van der Waals surface area contributed by atoms with Crippen LogP contribution in [0, 0.1) is 11.8 Å². The van der Waals surface area contributed by atoms with Gasteiger partial charge >= 0.3 is 0 Å². The fraction of sp³-hybridized carbons (Fsp3) is 0.556. The lowest BCUT2D eigenvalue weighted by molar-refractivity contribution is 0.0212. The number of amides is 1. The van der Waals surface area contributed by atoms with Crippen molar-refractivity contribution >= 4 is 5.91 Å². The van der Waals surface area contributed by atoms with Crippen LogP contribution in [0.15, 0.2) is 30.9 Å². The third-order valence-corrected chi connectivity index (χ3v) is 5.64. The second-order valence-electron chi connectivity index (χ2n) is 7.03. The van der Waals surface area contributed by atoms with Gasteiger partial charge in [-0.25, -0.2) is 4.98 Å². The van der Waals surface area contributed by atoms with Gasteiger partial charge in [-0.2, -0.15) is 0 Å². The summed E-state index contributed by atoms with van der Waals surface area (Å²) in [6.45, 7) is 3.18. The van der Waals surface area contributed by atoms with Gasteiger partial charge in [0.15, 0.2) is 11.5 Å². The van der Waals surface area contributed by atoms with E-state index in [-0.39, 0.29) is 5.91 Å². The standard InChI is InChI=1S/C18H23N5O/c1-13-8-10-23(16-5-3-2-4-14(13)16)18(24)15-6-7-17(21-20-15)22-11-9-19-12-22/h6-7,9,11-14,16H,2-5,8,10H2,1H3/t13-,14+,16-/m1/s1. The molecular formula is C18H23N5O. The minimum absolute atomic E-state index is 0.0310. The highest BCUT2D eigenvalue weighted by Gasteiger charge is 2.39. The molecule has 6 nitrogen and oxygen atoms in total. The molecule has 0 spiro atoms. The molecule has 2 aliphatic rings. The van der Waals surface area contributed by atoms with Crippen LogP contribution in [-0.2, 0) is 0 Å². The zero-order valence-corrected chi connectivity index (χ0v) is 14.0. The van der Waals surface area contributed by atoms with Crippen LogP contribution in [-0.4, -0.2) is 43.1 Å². The highest BCUT2D eigenvalue weighted by molar-refractivity contribution is 5.92. The average molecular weight is 325 g/mol. The second kappa shape index (κ2) is 6.34. The van der Waals surface area contributed by atoms with E-state index in [1.165, 1.54) is 19.3 Å². The fourth-order valence-corrected chi connectivity index (χ4v) is 4.28. The van der Waals surface area contributed by atoms with Gasteiger partial charge in [-0.15, -0.1) is 10.2 Å². The zero-order valence-electron chi connectivity index (χ0n) is 14.0. The Bertz CT molecular complexity index is 697. The largest absolute Gasteiger partial charge is 0.334 e. The minimum atomic E-state index is 0.0310. The summed E-state index contributed by atoms with van der Waals surface area (Å²) in [5.41, 5.74) is 0.442. The molecule has 126 valence electrons. The molecule has 1 saturated carbocycles. The van der Waals surface area contributed by atoms with Gasteiger partial charge in [0.25, 0.3) is 5.91 Å². The highest BCUT2D eigenvalue weighted by atomic mass is 16.2. The normalized spacial score (nSPS) is 26.9. The van der Waals surface area contributed by atoms with E-state index in [2.05, 4.69) is 27.0 Å². The maximum atomic E-state index is 13.0. The molecule has 2 fully saturated rings. The van der Waals surface area contributed by atoms with Gasteiger partial charge in [0, 0.05) is 25.0 Å². The molecule has 0 bridgehead atoms. The summed E-state index contributed by atoms with van der Waals surface area (Å²) < 4.78 is 1.78. The number of piperidine rings is 1. The number of hydrogen-bond acceptors (Lipinski definition) is 4. The number of carbonyl (C=O) groups excluding carboxylic acids is 1. The van der Waals surface area contributed by atoms with E-state index in [9.17, 15) is 4.79 Å². The monoisotopic (exact) mass is 325 g/mol. The van der Waals surface area contributed by atoms with Gasteiger partial charge in [-0.05, 0) is 43.2 Å². The first-order valence-electron chi connectivity index (χ1n) is 8.87. The summed E-state index contributed by atoms with van der Waals surface area (Å²) in [4.78, 5) is 19.0. The fourth-order valence-electron chi connectivity index (χ4n) is 4.28. The summed E-state index contributed by atoms with van der Waals surface area (Å²) in [6, 6.07) is 3.98. The molecule has 1 amide bonds. The van der Waals surface area contributed by atoms with E-state index < -0.39 is 0 Å². The lowest BCUT2D eigenvalue weighted by Gasteiger charge is -2.47. The molecule has 2 aromatic rings. The Hall–Kier alpha value is -2.24. The maximum Gasteiger partial charge on any atom is 0.274 e. The quantitative estimate of drug-likeness (QED) is 0.851. The van der Waals surface area contributed by atoms with Crippen molar-refractivity contribution in [2.45, 2.75) is 45.1 Å². The van der Waals surface area contributed by atoms with Gasteiger partial charge in [0.1, 0.15) is 6.33 Å². The Morgan fingerprint density at radius 2 is 2.04 bits per heavy atom. The maximum absolute atomic E-state index is 13.0. The molecule has 3 atom stereocenters. The molecule has 1 saturated heterocycles. The van der Waals surface area contributed by atoms with Gasteiger partial charge < -0.3 is 4.90 Å². The highest BCUT2D eigenvalue weighted by Crippen LogP contribution is 2.39. The molecule has 3 heterocycles. The van der Waals surface area contributed by atoms with E-state index >= 15 is 0 Å². The van der Waals surface area contributed by atoms with Gasteiger partial charge in [0.2, 0.25) is 0 Å². The predicted octanol–water partition coefficient (Wildman–Crippen LogP) is 2.70. The lowest BCUT2D eigenvalue weighted by atomic mass is 9.72. The number of hydrogen-bond donors (Lipinski definition) is 0. The number of rotatable bonds is 2. The van der Waals surface area contributed by atoms with E-state index in [4.69, 9.17) is 0 Å². The van der Waals surface area contributed by atoms with Crippen molar-refractivity contribution in [3.8, 4) is 5.82 Å². The molecule has 0 radical (unpaired) electrons. The van der Waals surface area contributed by atoms with Gasteiger partial charge in [-0.1, -0.05) is 19.8 Å². The first-order valence-corrected chi connectivity index (χ1v) is 8.87. The number of fused-ring (bicyclic) bond motifs is 1. The van der Waals surface area contributed by atoms with E-state index in [0.717, 1.165) is 19.4 Å². The predicted molar refractivity (Wildman–Crippen MR) is 89.7 cm³/mol. The van der Waals surface area contributed by atoms with Gasteiger partial charge in [-0.3, -0.25) is 9.36 Å². The van der Waals surface area contributed by atoms with Crippen LogP contribution < -0.4 is 0 Å². The second-order valence-corrected chi connectivity index (χ2v) is 7.03. The molecule has 1 aliphatic carbocycles. The smallest absolute Gasteiger partial charge is 0.274 e. The molecule has 2 aromatic heterocycles. The van der Waals surface area contributed by atoms with Crippen LogP contribution in [0.3, 0.4) is 0 Å². The van der Waals surface area contributed by atoms with Crippen molar-refractivity contribution < 1.29 is 4.79 Å². The van der Waals surface area contributed by atoms with Crippen LogP contribution in [0.1, 0.15) is 49.5 Å². The molecule has 1 aliphatic heterocycles. The van der Waals surface area contributed by atoms with Crippen LogP contribution in [0.25, 0.3) is 5.82 Å². The first kappa shape index (κ1) is 15.3. The topological polar surface area (TPSA) is 63.9 Å². The molecule has 0 unspecified atom stereocenters. The summed E-state index contributed by atoms with van der Waals surface area (Å²) >= 11 is 0. The molecule has 0 N–H and O–H groups in total. The van der Waals surface area contributed by atoms with E-state index in [1.807, 2.05) is 12.3 Å². The van der Waals surface area contributed by atoms with Crippen molar-refractivity contribution in [1.29, 1.82) is 0 Å². The number of aromatic nitrogens is 4. The zero-order chi connectivity index (χ0) is 16.5. The number of likely N-dealkylation sites (tertiary alicyclic amines) is 1. The minimum Gasteiger partial charge on any atom is -0.334 e. The van der Waals surface area contributed by atoms with Crippen molar-refractivity contribution in [2.24, 2.45) is 11.8 Å². The van der Waals surface area contributed by atoms with Crippen molar-refractivity contribution in [3.05, 3.63) is 36.5 Å². The molecule has 0 aromatic carbocycles. The van der Waals surface area contributed by atoms with Crippen LogP contribution >= 0.6 is 0 Å². The summed E-state index contributed by atoms with van der Waals surface area (Å²) in [5, 5.41) is 8.36. The van der Waals surface area contributed by atoms with Crippen LogP contribution in [0.5, 0.6) is 0 Å². The Kier molecular flexibility index (Phi) is 4.04. The van der Waals surface area contributed by atoms with Crippen molar-refractivity contribution in [2.75, 3.05) is 6.54 Å². The molecule has 4 rings (SSSR count). The molecule has 6 heteroatoms. The number of carbonyl (C=O) groups is 1. The van der Waals surface area contributed by atoms with E-state index in [1.54, 1.807) is 23.2 Å². The number of nitrogens with zero attached hydrogens (tertiary/aromatic N) is 5. The van der Waals surface area contributed by atoms with Crippen LogP contribution in [0.2, 0.25) is 0 Å². The molecular weight excluding hydrogens is 302 g/mol. The Morgan fingerprint density at radius 1 is 1.17 bits per heavy atom. The summed E-state index contributed by atoms with van der Waals surface area (Å²) in [6.07, 6.45) is 11.2. The summed E-state index contributed by atoms with van der Waals surface area (Å²) in [7, 11) is 0. The summed E-state index contributed by atoms with van der Waals surface area (Å²) in [5.74, 6) is 2.07. The third kappa shape index (κ3) is 2.70. The van der Waals surface area contributed by atoms with E-state index in [0.29, 0.717) is 29.4 Å². The Balaban J connectivity index is 1.54.